The molecule has 1 aliphatic heterocycles. The third-order valence-corrected chi connectivity index (χ3v) is 5.72. The lowest BCUT2D eigenvalue weighted by Gasteiger charge is -2.35. The molecule has 1 aliphatic rings. The van der Waals surface area contributed by atoms with Gasteiger partial charge in [-0.3, -0.25) is 14.7 Å². The lowest BCUT2D eigenvalue weighted by molar-refractivity contribution is -0.128. The lowest BCUT2D eigenvalue weighted by atomic mass is 9.92. The average Bonchev–Trinajstić information content (AvgIpc) is 2.79. The number of ether oxygens (including phenoxy) is 1. The summed E-state index contributed by atoms with van der Waals surface area (Å²) in [7, 11) is 1.69. The van der Waals surface area contributed by atoms with Gasteiger partial charge in [0.05, 0.1) is 25.1 Å². The summed E-state index contributed by atoms with van der Waals surface area (Å²) in [5, 5.41) is 9.75. The van der Waals surface area contributed by atoms with Gasteiger partial charge in [0.2, 0.25) is 5.91 Å². The van der Waals surface area contributed by atoms with Crippen LogP contribution in [0.5, 0.6) is 5.75 Å². The van der Waals surface area contributed by atoms with E-state index in [1.165, 1.54) is 24.8 Å². The van der Waals surface area contributed by atoms with E-state index in [0.717, 1.165) is 37.9 Å². The number of nitrogens with zero attached hydrogens (tertiary/aromatic N) is 2. The Morgan fingerprint density at radius 3 is 2.25 bits per heavy atom. The number of piperidine rings is 1. The Kier molecular flexibility index (Phi) is 13.0. The average molecular weight is 560 g/mol. The zero-order valence-electron chi connectivity index (χ0n) is 20.4. The van der Waals surface area contributed by atoms with Gasteiger partial charge in [-0.25, -0.2) is 0 Å². The lowest BCUT2D eigenvalue weighted by Crippen LogP contribution is -2.45. The number of nitrogens with one attached hydrogen (secondary N) is 3. The van der Waals surface area contributed by atoms with E-state index in [4.69, 9.17) is 9.73 Å². The third kappa shape index (κ3) is 8.77. The van der Waals surface area contributed by atoms with Crippen molar-refractivity contribution in [3.05, 3.63) is 29.8 Å². The molecule has 182 valence electrons. The molecular formula is C24H42IN5O2. The highest BCUT2D eigenvalue weighted by Gasteiger charge is 2.27. The highest BCUT2D eigenvalue weighted by molar-refractivity contribution is 14.0. The van der Waals surface area contributed by atoms with Crippen molar-refractivity contribution in [3.8, 4) is 5.75 Å². The molecule has 1 heterocycles. The first-order valence-electron chi connectivity index (χ1n) is 11.6. The number of benzene rings is 1. The smallest absolute Gasteiger partial charge is 0.227 e. The molecule has 1 fully saturated rings. The number of guanidine groups is 1. The molecule has 0 aliphatic carbocycles. The fraction of sp³-hybridized carbons (Fsp3) is 0.667. The van der Waals surface area contributed by atoms with Gasteiger partial charge < -0.3 is 20.7 Å². The monoisotopic (exact) mass is 559 g/mol. The molecule has 1 amide bonds. The summed E-state index contributed by atoms with van der Waals surface area (Å²) in [4.78, 5) is 19.6. The number of aliphatic imine (C=N–C) groups is 1. The van der Waals surface area contributed by atoms with Crippen molar-refractivity contribution in [2.45, 2.75) is 53.0 Å². The Hall–Kier alpha value is -1.55. The zero-order chi connectivity index (χ0) is 22.7. The van der Waals surface area contributed by atoms with Crippen LogP contribution in [0.1, 0.15) is 58.6 Å². The number of rotatable bonds is 10. The van der Waals surface area contributed by atoms with E-state index in [-0.39, 0.29) is 35.9 Å². The van der Waals surface area contributed by atoms with Gasteiger partial charge in [-0.05, 0) is 71.3 Å². The predicted molar refractivity (Wildman–Crippen MR) is 143 cm³/mol. The first-order chi connectivity index (χ1) is 14.9. The van der Waals surface area contributed by atoms with Crippen LogP contribution in [-0.4, -0.2) is 63.1 Å². The number of carbonyl (C=O) groups excluding carboxylic acids is 1. The molecule has 1 aromatic carbocycles. The summed E-state index contributed by atoms with van der Waals surface area (Å²) < 4.78 is 5.33. The van der Waals surface area contributed by atoms with E-state index in [0.29, 0.717) is 13.1 Å². The summed E-state index contributed by atoms with van der Waals surface area (Å²) in [5.41, 5.74) is 0.717. The number of hydrogen-bond donors (Lipinski definition) is 3. The van der Waals surface area contributed by atoms with Gasteiger partial charge in [0, 0.05) is 19.6 Å². The Morgan fingerprint density at radius 2 is 1.69 bits per heavy atom. The van der Waals surface area contributed by atoms with Crippen LogP contribution in [0.25, 0.3) is 0 Å². The summed E-state index contributed by atoms with van der Waals surface area (Å²) in [6, 6.07) is 8.62. The Labute approximate surface area is 211 Å². The van der Waals surface area contributed by atoms with E-state index in [9.17, 15) is 4.79 Å². The minimum absolute atomic E-state index is 0. The number of hydrogen-bond acceptors (Lipinski definition) is 4. The molecule has 7 nitrogen and oxygen atoms in total. The van der Waals surface area contributed by atoms with Crippen LogP contribution in [0.2, 0.25) is 0 Å². The van der Waals surface area contributed by atoms with Crippen molar-refractivity contribution < 1.29 is 9.53 Å². The highest BCUT2D eigenvalue weighted by atomic mass is 127. The van der Waals surface area contributed by atoms with E-state index in [1.807, 2.05) is 32.9 Å². The number of likely N-dealkylation sites (tertiary alicyclic amines) is 1. The minimum atomic E-state index is -0.555. The number of carbonyl (C=O) groups is 1. The predicted octanol–water partition coefficient (Wildman–Crippen LogP) is 3.56. The molecule has 1 aromatic rings. The summed E-state index contributed by atoms with van der Waals surface area (Å²) >= 11 is 0. The van der Waals surface area contributed by atoms with Gasteiger partial charge in [-0.15, -0.1) is 24.0 Å². The van der Waals surface area contributed by atoms with Crippen molar-refractivity contribution in [1.82, 2.24) is 20.9 Å². The third-order valence-electron chi connectivity index (χ3n) is 5.72. The zero-order valence-corrected chi connectivity index (χ0v) is 22.7. The SMILES string of the molecule is CCNC(=O)C(C)(C)CN=C(NCC)NCC(c1ccc(OC)cc1)N1CCCCC1.I. The molecular weight excluding hydrogens is 517 g/mol. The molecule has 32 heavy (non-hydrogen) atoms. The molecule has 0 saturated carbocycles. The van der Waals surface area contributed by atoms with Crippen LogP contribution in [0, 0.1) is 5.41 Å². The van der Waals surface area contributed by atoms with Crippen molar-refractivity contribution in [3.63, 3.8) is 0 Å². The van der Waals surface area contributed by atoms with Crippen molar-refractivity contribution >= 4 is 35.8 Å². The maximum Gasteiger partial charge on any atom is 0.227 e. The fourth-order valence-electron chi connectivity index (χ4n) is 3.80. The molecule has 1 unspecified atom stereocenters. The van der Waals surface area contributed by atoms with Crippen LogP contribution in [-0.2, 0) is 4.79 Å². The van der Waals surface area contributed by atoms with Crippen molar-refractivity contribution in [1.29, 1.82) is 0 Å². The first-order valence-corrected chi connectivity index (χ1v) is 11.6. The molecule has 8 heteroatoms. The summed E-state index contributed by atoms with van der Waals surface area (Å²) in [6.45, 7) is 12.6. The van der Waals surface area contributed by atoms with E-state index in [2.05, 4.69) is 39.9 Å². The van der Waals surface area contributed by atoms with E-state index < -0.39 is 5.41 Å². The van der Waals surface area contributed by atoms with Crippen LogP contribution < -0.4 is 20.7 Å². The van der Waals surface area contributed by atoms with Gasteiger partial charge in [-0.2, -0.15) is 0 Å². The largest absolute Gasteiger partial charge is 0.497 e. The molecule has 2 rings (SSSR count). The Morgan fingerprint density at radius 1 is 1.06 bits per heavy atom. The fourth-order valence-corrected chi connectivity index (χ4v) is 3.80. The standard InChI is InChI=1S/C24H41N5O2.HI/c1-6-25-22(30)24(3,4)18-28-23(26-7-2)27-17-21(29-15-9-8-10-16-29)19-11-13-20(31-5)14-12-19;/h11-14,21H,6-10,15-18H2,1-5H3,(H,25,30)(H2,26,27,28);1H. The normalized spacial score (nSPS) is 16.0. The second-order valence-corrected chi connectivity index (χ2v) is 8.70. The maximum atomic E-state index is 12.3. The van der Waals surface area contributed by atoms with Crippen LogP contribution in [0.3, 0.4) is 0 Å². The van der Waals surface area contributed by atoms with Crippen molar-refractivity contribution in [2.24, 2.45) is 10.4 Å². The van der Waals surface area contributed by atoms with Gasteiger partial charge in [0.1, 0.15) is 5.75 Å². The summed E-state index contributed by atoms with van der Waals surface area (Å²) in [5.74, 6) is 1.64. The van der Waals surface area contributed by atoms with Gasteiger partial charge in [0.15, 0.2) is 5.96 Å². The molecule has 0 aromatic heterocycles. The second-order valence-electron chi connectivity index (χ2n) is 8.70. The van der Waals surface area contributed by atoms with Crippen LogP contribution in [0.15, 0.2) is 29.3 Å². The quantitative estimate of drug-likeness (QED) is 0.232. The number of halogens is 1. The Balaban J connectivity index is 0.00000512. The van der Waals surface area contributed by atoms with E-state index >= 15 is 0 Å². The van der Waals surface area contributed by atoms with Gasteiger partial charge >= 0.3 is 0 Å². The van der Waals surface area contributed by atoms with Gasteiger partial charge in [-0.1, -0.05) is 18.6 Å². The van der Waals surface area contributed by atoms with Gasteiger partial charge in [0.25, 0.3) is 0 Å². The minimum Gasteiger partial charge on any atom is -0.497 e. The molecule has 0 radical (unpaired) electrons. The van der Waals surface area contributed by atoms with Crippen LogP contribution >= 0.6 is 24.0 Å². The first kappa shape index (κ1) is 28.5. The topological polar surface area (TPSA) is 78.0 Å². The number of methoxy groups -OCH3 is 1. The summed E-state index contributed by atoms with van der Waals surface area (Å²) in [6.07, 6.45) is 3.78. The van der Waals surface area contributed by atoms with E-state index in [1.54, 1.807) is 7.11 Å². The van der Waals surface area contributed by atoms with Crippen molar-refractivity contribution in [2.75, 3.05) is 46.4 Å². The molecule has 0 spiro atoms. The molecule has 1 saturated heterocycles. The van der Waals surface area contributed by atoms with Crippen LogP contribution in [0.4, 0.5) is 0 Å². The highest BCUT2D eigenvalue weighted by Crippen LogP contribution is 2.26. The molecule has 3 N–H and O–H groups in total. The molecule has 1 atom stereocenters. The maximum absolute atomic E-state index is 12.3. The Bertz CT molecular complexity index is 703. The number of amides is 1. The molecule has 0 bridgehead atoms. The second kappa shape index (κ2) is 14.6.